The number of hydrogen-bond acceptors (Lipinski definition) is 7. The summed E-state index contributed by atoms with van der Waals surface area (Å²) in [5, 5.41) is 0. The average molecular weight is 555 g/mol. The van der Waals surface area contributed by atoms with E-state index < -0.39 is 12.2 Å². The molecule has 2 aromatic carbocycles. The Bertz CT molecular complexity index is 1490. The van der Waals surface area contributed by atoms with Gasteiger partial charge in [0.1, 0.15) is 0 Å². The van der Waals surface area contributed by atoms with E-state index in [1.807, 2.05) is 54.9 Å². The summed E-state index contributed by atoms with van der Waals surface area (Å²) in [5.74, 6) is 0.581. The summed E-state index contributed by atoms with van der Waals surface area (Å²) >= 11 is 0. The minimum absolute atomic E-state index is 0.0314. The molecule has 4 heterocycles. The Morgan fingerprint density at radius 2 is 1.66 bits per heavy atom. The molecule has 0 radical (unpaired) electrons. The van der Waals surface area contributed by atoms with Gasteiger partial charge >= 0.3 is 5.69 Å². The molecule has 2 aliphatic heterocycles. The van der Waals surface area contributed by atoms with Crippen molar-refractivity contribution < 1.29 is 14.4 Å². The smallest absolute Gasteiger partial charge is 0.332 e. The standard InChI is InChI=1S/C31H34N6O4/c38-29(34-41-28-8-4-5-19-40-28)26-20-32-30(33-21-26)35-15-13-23(14-16-35)22-36-17-18-37(31(36)39)27-11-9-25(10-12-27)24-6-2-1-3-7-24/h1-3,6-7,9-12,17-18,20-21,23,28H,4-5,8,13-16,19,22H2,(H,34,38). The van der Waals surface area contributed by atoms with Crippen molar-refractivity contribution in [2.24, 2.45) is 5.92 Å². The predicted octanol–water partition coefficient (Wildman–Crippen LogP) is 4.20. The number of benzene rings is 2. The number of nitrogens with zero attached hydrogens (tertiary/aromatic N) is 5. The molecule has 41 heavy (non-hydrogen) atoms. The lowest BCUT2D eigenvalue weighted by Crippen LogP contribution is -2.37. The van der Waals surface area contributed by atoms with Gasteiger partial charge in [-0.15, -0.1) is 0 Å². The van der Waals surface area contributed by atoms with Crippen LogP contribution in [0, 0.1) is 5.92 Å². The molecule has 10 heteroatoms. The number of carbonyl (C=O) groups excluding carboxylic acids is 1. The molecule has 1 N–H and O–H groups in total. The number of nitrogens with one attached hydrogen (secondary N) is 1. The van der Waals surface area contributed by atoms with Crippen LogP contribution in [0.5, 0.6) is 0 Å². The van der Waals surface area contributed by atoms with Crippen molar-refractivity contribution >= 4 is 11.9 Å². The molecule has 1 amide bonds. The number of piperidine rings is 1. The van der Waals surface area contributed by atoms with Gasteiger partial charge in [0, 0.05) is 57.4 Å². The summed E-state index contributed by atoms with van der Waals surface area (Å²) in [5.41, 5.74) is 5.86. The van der Waals surface area contributed by atoms with Gasteiger partial charge in [-0.25, -0.2) is 25.1 Å². The highest BCUT2D eigenvalue weighted by atomic mass is 16.8. The highest BCUT2D eigenvalue weighted by molar-refractivity contribution is 5.92. The zero-order chi connectivity index (χ0) is 28.0. The second-order valence-electron chi connectivity index (χ2n) is 10.6. The number of rotatable bonds is 8. The maximum atomic E-state index is 13.2. The monoisotopic (exact) mass is 554 g/mol. The van der Waals surface area contributed by atoms with Crippen molar-refractivity contribution in [3.8, 4) is 16.8 Å². The molecule has 1 unspecified atom stereocenters. The van der Waals surface area contributed by atoms with E-state index in [1.165, 1.54) is 12.4 Å². The molecule has 10 nitrogen and oxygen atoms in total. The van der Waals surface area contributed by atoms with Gasteiger partial charge in [0.2, 0.25) is 5.95 Å². The first-order valence-corrected chi connectivity index (χ1v) is 14.2. The van der Waals surface area contributed by atoms with Crippen LogP contribution >= 0.6 is 0 Å². The zero-order valence-electron chi connectivity index (χ0n) is 22.9. The van der Waals surface area contributed by atoms with E-state index in [0.29, 0.717) is 30.6 Å². The number of hydrogen-bond donors (Lipinski definition) is 1. The van der Waals surface area contributed by atoms with Crippen molar-refractivity contribution in [2.75, 3.05) is 24.6 Å². The maximum Gasteiger partial charge on any atom is 0.332 e. The van der Waals surface area contributed by atoms with Gasteiger partial charge in [-0.1, -0.05) is 42.5 Å². The molecule has 2 fully saturated rings. The van der Waals surface area contributed by atoms with Crippen LogP contribution < -0.4 is 16.1 Å². The van der Waals surface area contributed by atoms with Crippen LogP contribution in [0.2, 0.25) is 0 Å². The van der Waals surface area contributed by atoms with E-state index in [1.54, 1.807) is 9.13 Å². The highest BCUT2D eigenvalue weighted by Crippen LogP contribution is 2.23. The van der Waals surface area contributed by atoms with E-state index in [9.17, 15) is 9.59 Å². The molecule has 0 saturated carbocycles. The maximum absolute atomic E-state index is 13.2. The second-order valence-corrected chi connectivity index (χ2v) is 10.6. The van der Waals surface area contributed by atoms with Crippen LogP contribution in [0.4, 0.5) is 5.95 Å². The number of hydroxylamine groups is 1. The zero-order valence-corrected chi connectivity index (χ0v) is 22.9. The Morgan fingerprint density at radius 3 is 2.37 bits per heavy atom. The van der Waals surface area contributed by atoms with E-state index in [-0.39, 0.29) is 5.69 Å². The number of ether oxygens (including phenoxy) is 1. The van der Waals surface area contributed by atoms with E-state index >= 15 is 0 Å². The summed E-state index contributed by atoms with van der Waals surface area (Å²) in [6.07, 6.45) is 11.0. The summed E-state index contributed by atoms with van der Waals surface area (Å²) < 4.78 is 8.96. The molecule has 2 saturated heterocycles. The van der Waals surface area contributed by atoms with Gasteiger partial charge in [0.05, 0.1) is 11.3 Å². The summed E-state index contributed by atoms with van der Waals surface area (Å²) in [7, 11) is 0. The van der Waals surface area contributed by atoms with Crippen molar-refractivity contribution in [1.29, 1.82) is 0 Å². The molecule has 0 aliphatic carbocycles. The van der Waals surface area contributed by atoms with Gasteiger partial charge in [0.25, 0.3) is 5.91 Å². The highest BCUT2D eigenvalue weighted by Gasteiger charge is 2.23. The number of amides is 1. The molecule has 6 rings (SSSR count). The fraction of sp³-hybridized carbons (Fsp3) is 0.355. The fourth-order valence-corrected chi connectivity index (χ4v) is 5.37. The van der Waals surface area contributed by atoms with Gasteiger partial charge in [-0.3, -0.25) is 13.9 Å². The Labute approximate surface area is 238 Å². The van der Waals surface area contributed by atoms with Crippen LogP contribution in [0.25, 0.3) is 16.8 Å². The molecular formula is C31H34N6O4. The molecule has 1 atom stereocenters. The van der Waals surface area contributed by atoms with Crippen molar-refractivity contribution in [3.05, 3.63) is 95.4 Å². The molecule has 2 aromatic heterocycles. The van der Waals surface area contributed by atoms with Gasteiger partial charge in [0.15, 0.2) is 6.29 Å². The van der Waals surface area contributed by atoms with Crippen LogP contribution in [0.3, 0.4) is 0 Å². The minimum Gasteiger partial charge on any atom is -0.350 e. The van der Waals surface area contributed by atoms with Gasteiger partial charge in [-0.05, 0) is 54.9 Å². The first-order valence-electron chi connectivity index (χ1n) is 14.2. The van der Waals surface area contributed by atoms with Gasteiger partial charge < -0.3 is 9.64 Å². The summed E-state index contributed by atoms with van der Waals surface area (Å²) in [6, 6.07) is 18.3. The largest absolute Gasteiger partial charge is 0.350 e. The van der Waals surface area contributed by atoms with E-state index in [0.717, 1.165) is 62.0 Å². The Kier molecular flexibility index (Phi) is 8.20. The van der Waals surface area contributed by atoms with Crippen LogP contribution in [-0.4, -0.2) is 51.0 Å². The van der Waals surface area contributed by atoms with Crippen molar-refractivity contribution in [1.82, 2.24) is 24.6 Å². The molecule has 212 valence electrons. The fourth-order valence-electron chi connectivity index (χ4n) is 5.37. The number of imidazole rings is 1. The molecule has 0 spiro atoms. The normalized spacial score (nSPS) is 17.9. The molecule has 0 bridgehead atoms. The van der Waals surface area contributed by atoms with E-state index in [2.05, 4.69) is 32.5 Å². The third-order valence-corrected chi connectivity index (χ3v) is 7.77. The quantitative estimate of drug-likeness (QED) is 0.326. The number of anilines is 1. The van der Waals surface area contributed by atoms with Crippen LogP contribution in [0.15, 0.2) is 84.2 Å². The van der Waals surface area contributed by atoms with E-state index in [4.69, 9.17) is 9.57 Å². The molecule has 4 aromatic rings. The average Bonchev–Trinajstić information content (AvgIpc) is 3.40. The lowest BCUT2D eigenvalue weighted by atomic mass is 9.97. The van der Waals surface area contributed by atoms with Gasteiger partial charge in [-0.2, -0.15) is 0 Å². The van der Waals surface area contributed by atoms with Crippen molar-refractivity contribution in [2.45, 2.75) is 44.9 Å². The summed E-state index contributed by atoms with van der Waals surface area (Å²) in [6.45, 7) is 2.89. The lowest BCUT2D eigenvalue weighted by molar-refractivity contribution is -0.186. The topological polar surface area (TPSA) is 104 Å². The Balaban J connectivity index is 1.00. The first kappa shape index (κ1) is 26.9. The minimum atomic E-state index is -0.407. The molecular weight excluding hydrogens is 520 g/mol. The Morgan fingerprint density at radius 1 is 0.927 bits per heavy atom. The summed E-state index contributed by atoms with van der Waals surface area (Å²) in [4.78, 5) is 41.8. The Hall–Kier alpha value is -4.28. The van der Waals surface area contributed by atoms with Crippen molar-refractivity contribution in [3.63, 3.8) is 0 Å². The number of carbonyl (C=O) groups is 1. The lowest BCUT2D eigenvalue weighted by Gasteiger charge is -2.32. The molecule has 2 aliphatic rings. The van der Waals surface area contributed by atoms with Crippen LogP contribution in [0.1, 0.15) is 42.5 Å². The van der Waals surface area contributed by atoms with Crippen LogP contribution in [-0.2, 0) is 16.1 Å². The third-order valence-electron chi connectivity index (χ3n) is 7.77. The third kappa shape index (κ3) is 6.39. The predicted molar refractivity (Wildman–Crippen MR) is 155 cm³/mol. The SMILES string of the molecule is O=C(NOC1CCCCO1)c1cnc(N2CCC(Cn3ccn(-c4ccc(-c5ccccc5)cc4)c3=O)CC2)nc1. The second kappa shape index (κ2) is 12.5. The number of aromatic nitrogens is 4. The first-order chi connectivity index (χ1) is 20.1.